The minimum Gasteiger partial charge on any atom is -0.352 e. The molecule has 0 aliphatic heterocycles. The molecule has 0 bridgehead atoms. The summed E-state index contributed by atoms with van der Waals surface area (Å²) in [4.78, 5) is 12.9. The fraction of sp³-hybridized carbons (Fsp3) is 0.500. The Labute approximate surface area is 129 Å². The molecule has 7 heteroatoms. The van der Waals surface area contributed by atoms with Gasteiger partial charge in [-0.25, -0.2) is 13.6 Å². The van der Waals surface area contributed by atoms with E-state index in [1.165, 1.54) is 25.0 Å². The summed E-state index contributed by atoms with van der Waals surface area (Å²) in [6.45, 7) is 2.32. The Morgan fingerprint density at radius 3 is 2.62 bits per heavy atom. The normalized spacial score (nSPS) is 16.1. The summed E-state index contributed by atoms with van der Waals surface area (Å²) < 4.78 is 22.9. The molecular weight excluding hydrogens is 308 g/mol. The van der Waals surface area contributed by atoms with E-state index in [2.05, 4.69) is 5.32 Å². The van der Waals surface area contributed by atoms with Gasteiger partial charge in [-0.2, -0.15) is 0 Å². The highest BCUT2D eigenvalue weighted by atomic mass is 32.2. The van der Waals surface area contributed by atoms with E-state index in [1.807, 2.05) is 6.92 Å². The molecule has 1 amide bonds. The molecule has 0 atom stereocenters. The van der Waals surface area contributed by atoms with Crippen LogP contribution in [0, 0.1) is 0 Å². The van der Waals surface area contributed by atoms with Gasteiger partial charge in [-0.1, -0.05) is 12.8 Å². The molecule has 5 nitrogen and oxygen atoms in total. The van der Waals surface area contributed by atoms with Gasteiger partial charge in [-0.15, -0.1) is 11.8 Å². The van der Waals surface area contributed by atoms with Crippen molar-refractivity contribution in [2.45, 2.75) is 47.6 Å². The number of hydrogen-bond donors (Lipinski definition) is 2. The Balaban J connectivity index is 2.35. The summed E-state index contributed by atoms with van der Waals surface area (Å²) in [6.07, 6.45) is 4.69. The molecule has 0 radical (unpaired) electrons. The van der Waals surface area contributed by atoms with Gasteiger partial charge < -0.3 is 5.32 Å². The number of hydrogen-bond acceptors (Lipinski definition) is 4. The first-order valence-electron chi connectivity index (χ1n) is 7.03. The van der Waals surface area contributed by atoms with Gasteiger partial charge in [-0.3, -0.25) is 4.79 Å². The molecule has 0 aromatic heterocycles. The molecule has 1 aromatic carbocycles. The average Bonchev–Trinajstić information content (AvgIpc) is 2.91. The van der Waals surface area contributed by atoms with Crippen LogP contribution in [0.2, 0.25) is 0 Å². The van der Waals surface area contributed by atoms with Gasteiger partial charge >= 0.3 is 0 Å². The summed E-state index contributed by atoms with van der Waals surface area (Å²) in [7, 11) is -3.81. The van der Waals surface area contributed by atoms with Gasteiger partial charge in [0.05, 0.1) is 10.5 Å². The number of nitrogens with one attached hydrogen (secondary N) is 1. The van der Waals surface area contributed by atoms with Crippen molar-refractivity contribution < 1.29 is 13.2 Å². The van der Waals surface area contributed by atoms with Gasteiger partial charge in [0.1, 0.15) is 0 Å². The van der Waals surface area contributed by atoms with E-state index in [4.69, 9.17) is 5.14 Å². The first-order valence-corrected chi connectivity index (χ1v) is 9.46. The molecule has 1 saturated carbocycles. The molecule has 0 heterocycles. The maximum atomic E-state index is 12.2. The highest BCUT2D eigenvalue weighted by Crippen LogP contribution is 2.36. The van der Waals surface area contributed by atoms with Crippen LogP contribution in [0.25, 0.3) is 0 Å². The second-order valence-electron chi connectivity index (χ2n) is 5.09. The molecule has 2 rings (SSSR count). The summed E-state index contributed by atoms with van der Waals surface area (Å²) >= 11 is 1.65. The zero-order valence-electron chi connectivity index (χ0n) is 12.0. The van der Waals surface area contributed by atoms with Crippen LogP contribution in [0.1, 0.15) is 43.0 Å². The number of amides is 1. The van der Waals surface area contributed by atoms with Crippen molar-refractivity contribution in [2.75, 3.05) is 6.54 Å². The van der Waals surface area contributed by atoms with Gasteiger partial charge in [0.2, 0.25) is 10.0 Å². The third-order valence-corrected chi connectivity index (χ3v) is 5.78. The predicted molar refractivity (Wildman–Crippen MR) is 83.9 cm³/mol. The predicted octanol–water partition coefficient (Wildman–Crippen LogP) is 2.12. The van der Waals surface area contributed by atoms with Crippen molar-refractivity contribution in [3.63, 3.8) is 0 Å². The van der Waals surface area contributed by atoms with Crippen LogP contribution < -0.4 is 10.5 Å². The third-order valence-electron chi connectivity index (χ3n) is 3.46. The van der Waals surface area contributed by atoms with Crippen molar-refractivity contribution in [1.82, 2.24) is 5.32 Å². The Kier molecular flexibility index (Phi) is 5.29. The summed E-state index contributed by atoms with van der Waals surface area (Å²) in [5.74, 6) is -0.261. The van der Waals surface area contributed by atoms with Crippen LogP contribution in [0.4, 0.5) is 0 Å². The van der Waals surface area contributed by atoms with Crippen molar-refractivity contribution in [3.05, 3.63) is 23.8 Å². The van der Waals surface area contributed by atoms with Crippen LogP contribution in [0.3, 0.4) is 0 Å². The summed E-state index contributed by atoms with van der Waals surface area (Å²) in [5, 5.41) is 8.36. The van der Waals surface area contributed by atoms with Gasteiger partial charge in [-0.05, 0) is 38.0 Å². The fourth-order valence-electron chi connectivity index (χ4n) is 2.41. The lowest BCUT2D eigenvalue weighted by molar-refractivity contribution is 0.0952. The molecule has 21 heavy (non-hydrogen) atoms. The SMILES string of the molecule is CCNC(=O)c1cc(S(N)(=O)=O)ccc1SC1CCCC1. The largest absolute Gasteiger partial charge is 0.352 e. The van der Waals surface area contributed by atoms with E-state index in [-0.39, 0.29) is 10.8 Å². The lowest BCUT2D eigenvalue weighted by Crippen LogP contribution is -2.24. The minimum absolute atomic E-state index is 0.0282. The van der Waals surface area contributed by atoms with E-state index < -0.39 is 10.0 Å². The van der Waals surface area contributed by atoms with E-state index in [0.717, 1.165) is 17.7 Å². The van der Waals surface area contributed by atoms with Crippen LogP contribution >= 0.6 is 11.8 Å². The van der Waals surface area contributed by atoms with Crippen LogP contribution in [-0.2, 0) is 10.0 Å². The van der Waals surface area contributed by atoms with Crippen LogP contribution in [-0.4, -0.2) is 26.1 Å². The molecule has 1 aliphatic rings. The van der Waals surface area contributed by atoms with Crippen LogP contribution in [0.5, 0.6) is 0 Å². The minimum atomic E-state index is -3.81. The molecule has 3 N–H and O–H groups in total. The van der Waals surface area contributed by atoms with E-state index in [1.54, 1.807) is 17.8 Å². The molecule has 1 aromatic rings. The van der Waals surface area contributed by atoms with Gasteiger partial charge in [0.25, 0.3) is 5.91 Å². The Morgan fingerprint density at radius 1 is 1.38 bits per heavy atom. The maximum absolute atomic E-state index is 12.2. The number of thioether (sulfide) groups is 1. The monoisotopic (exact) mass is 328 g/mol. The first kappa shape index (κ1) is 16.3. The van der Waals surface area contributed by atoms with Crippen molar-refractivity contribution >= 4 is 27.7 Å². The topological polar surface area (TPSA) is 89.3 Å². The molecule has 1 aliphatic carbocycles. The molecular formula is C14H20N2O3S2. The summed E-state index contributed by atoms with van der Waals surface area (Å²) in [5.41, 5.74) is 0.389. The highest BCUT2D eigenvalue weighted by Gasteiger charge is 2.21. The zero-order valence-corrected chi connectivity index (χ0v) is 13.6. The quantitative estimate of drug-likeness (QED) is 0.866. The fourth-order valence-corrected chi connectivity index (χ4v) is 4.30. The Morgan fingerprint density at radius 2 is 2.05 bits per heavy atom. The second-order valence-corrected chi connectivity index (χ2v) is 7.99. The number of primary sulfonamides is 1. The smallest absolute Gasteiger partial charge is 0.252 e. The van der Waals surface area contributed by atoms with Gasteiger partial charge in [0, 0.05) is 16.7 Å². The molecule has 0 saturated heterocycles. The zero-order chi connectivity index (χ0) is 15.5. The number of carbonyl (C=O) groups is 1. The number of nitrogens with two attached hydrogens (primary N) is 1. The van der Waals surface area contributed by atoms with E-state index in [0.29, 0.717) is 17.4 Å². The molecule has 116 valence electrons. The van der Waals surface area contributed by atoms with E-state index >= 15 is 0 Å². The molecule has 1 fully saturated rings. The van der Waals surface area contributed by atoms with Crippen LogP contribution in [0.15, 0.2) is 28.0 Å². The van der Waals surface area contributed by atoms with Crippen molar-refractivity contribution in [3.8, 4) is 0 Å². The van der Waals surface area contributed by atoms with Gasteiger partial charge in [0.15, 0.2) is 0 Å². The highest BCUT2D eigenvalue weighted by molar-refractivity contribution is 8.00. The maximum Gasteiger partial charge on any atom is 0.252 e. The second kappa shape index (κ2) is 6.81. The number of rotatable bonds is 5. The number of carbonyl (C=O) groups excluding carboxylic acids is 1. The number of benzene rings is 1. The molecule has 0 unspecified atom stereocenters. The average molecular weight is 328 g/mol. The van der Waals surface area contributed by atoms with E-state index in [9.17, 15) is 13.2 Å². The summed E-state index contributed by atoms with van der Waals surface area (Å²) in [6, 6.07) is 4.53. The number of sulfonamides is 1. The first-order chi connectivity index (χ1) is 9.91. The third kappa shape index (κ3) is 4.21. The Hall–Kier alpha value is -1.05. The van der Waals surface area contributed by atoms with Crippen molar-refractivity contribution in [1.29, 1.82) is 0 Å². The Bertz CT molecular complexity index is 623. The lowest BCUT2D eigenvalue weighted by atomic mass is 10.2. The van der Waals surface area contributed by atoms with Crippen molar-refractivity contribution in [2.24, 2.45) is 5.14 Å². The lowest BCUT2D eigenvalue weighted by Gasteiger charge is -2.14. The molecule has 0 spiro atoms. The standard InChI is InChI=1S/C14H20N2O3S2/c1-2-16-14(17)12-9-11(21(15,18)19)7-8-13(12)20-10-5-3-4-6-10/h7-10H,2-6H2,1H3,(H,16,17)(H2,15,18,19).